The van der Waals surface area contributed by atoms with E-state index in [0.29, 0.717) is 0 Å². The second kappa shape index (κ2) is 3.74. The van der Waals surface area contributed by atoms with E-state index in [0.717, 1.165) is 10.6 Å². The summed E-state index contributed by atoms with van der Waals surface area (Å²) in [6.45, 7) is 0. The third-order valence-electron chi connectivity index (χ3n) is 1.22. The topological polar surface area (TPSA) is 33.0 Å². The quantitative estimate of drug-likeness (QED) is 0.734. The molecule has 2 nitrogen and oxygen atoms in total. The van der Waals surface area contributed by atoms with Crippen molar-refractivity contribution in [2.24, 2.45) is 0 Å². The first-order valence-electron chi connectivity index (χ1n) is 2.94. The normalized spacial score (nSPS) is 12.1. The first kappa shape index (κ1) is 8.57. The minimum atomic E-state index is -0.252. The predicted octanol–water partition coefficient (Wildman–Crippen LogP) is 2.72. The van der Waals surface area contributed by atoms with Crippen LogP contribution in [-0.4, -0.2) is 7.11 Å². The zero-order chi connectivity index (χ0) is 8.27. The Hall–Kier alpha value is -0.530. The van der Waals surface area contributed by atoms with Crippen LogP contribution in [0.1, 0.15) is 9.70 Å². The molecular formula is C7H6BrNOS. The van der Waals surface area contributed by atoms with Crippen LogP contribution in [-0.2, 0) is 0 Å². The molecule has 0 saturated carbocycles. The van der Waals surface area contributed by atoms with Gasteiger partial charge in [0.05, 0.1) is 18.1 Å². The second-order valence-electron chi connectivity index (χ2n) is 1.84. The Bertz CT molecular complexity index is 278. The van der Waals surface area contributed by atoms with Gasteiger partial charge >= 0.3 is 0 Å². The number of hydrogen-bond acceptors (Lipinski definition) is 3. The van der Waals surface area contributed by atoms with Crippen LogP contribution >= 0.6 is 27.3 Å². The molecule has 1 atom stereocenters. The second-order valence-corrected chi connectivity index (χ2v) is 3.71. The number of nitrogens with zero attached hydrogens (tertiary/aromatic N) is 1. The number of hydrogen-bond donors (Lipinski definition) is 0. The van der Waals surface area contributed by atoms with Crippen molar-refractivity contribution in [2.45, 2.75) is 4.83 Å². The molecule has 0 amide bonds. The maximum absolute atomic E-state index is 8.58. The summed E-state index contributed by atoms with van der Waals surface area (Å²) in [6, 6.07) is 3.94. The molecule has 58 valence electrons. The van der Waals surface area contributed by atoms with E-state index in [1.165, 1.54) is 11.3 Å². The summed E-state index contributed by atoms with van der Waals surface area (Å²) in [7, 11) is 1.60. The molecule has 4 heteroatoms. The van der Waals surface area contributed by atoms with Crippen LogP contribution in [0.5, 0.6) is 5.75 Å². The molecule has 1 unspecified atom stereocenters. The molecule has 0 N–H and O–H groups in total. The van der Waals surface area contributed by atoms with Crippen LogP contribution in [0.25, 0.3) is 0 Å². The zero-order valence-electron chi connectivity index (χ0n) is 5.87. The Morgan fingerprint density at radius 1 is 1.82 bits per heavy atom. The molecule has 0 aliphatic heterocycles. The molecule has 0 bridgehead atoms. The molecule has 11 heavy (non-hydrogen) atoms. The van der Waals surface area contributed by atoms with E-state index in [2.05, 4.69) is 22.0 Å². The van der Waals surface area contributed by atoms with E-state index < -0.39 is 0 Å². The van der Waals surface area contributed by atoms with Crippen molar-refractivity contribution in [3.8, 4) is 11.8 Å². The highest BCUT2D eigenvalue weighted by Gasteiger charge is 2.12. The molecule has 0 spiro atoms. The Morgan fingerprint density at radius 3 is 3.09 bits per heavy atom. The van der Waals surface area contributed by atoms with Crippen LogP contribution in [0.2, 0.25) is 0 Å². The molecule has 0 radical (unpaired) electrons. The summed E-state index contributed by atoms with van der Waals surface area (Å²) in [5, 5.41) is 10.5. The smallest absolute Gasteiger partial charge is 0.139 e. The molecule has 0 fully saturated rings. The van der Waals surface area contributed by atoms with Crippen molar-refractivity contribution < 1.29 is 4.74 Å². The van der Waals surface area contributed by atoms with Gasteiger partial charge in [-0.1, -0.05) is 15.9 Å². The Kier molecular flexibility index (Phi) is 2.92. The van der Waals surface area contributed by atoms with E-state index in [1.807, 2.05) is 11.4 Å². The van der Waals surface area contributed by atoms with Gasteiger partial charge in [-0.2, -0.15) is 5.26 Å². The van der Waals surface area contributed by atoms with Gasteiger partial charge in [0.15, 0.2) is 0 Å². The fraction of sp³-hybridized carbons (Fsp3) is 0.286. The van der Waals surface area contributed by atoms with Gasteiger partial charge in [0.2, 0.25) is 0 Å². The number of rotatable bonds is 2. The standard InChI is InChI=1S/C7H6BrNOS/c1-10-6-2-3-11-7(6)5(8)4-9/h2-3,5H,1H3. The number of nitriles is 1. The van der Waals surface area contributed by atoms with Gasteiger partial charge in [-0.3, -0.25) is 0 Å². The summed E-state index contributed by atoms with van der Waals surface area (Å²) in [6.07, 6.45) is 0. The number of alkyl halides is 1. The van der Waals surface area contributed by atoms with E-state index in [1.54, 1.807) is 7.11 Å². The first-order chi connectivity index (χ1) is 5.29. The van der Waals surface area contributed by atoms with Crippen molar-refractivity contribution in [3.05, 3.63) is 16.3 Å². The lowest BCUT2D eigenvalue weighted by Crippen LogP contribution is -1.86. The van der Waals surface area contributed by atoms with Gasteiger partial charge < -0.3 is 4.74 Å². The Balaban J connectivity index is 2.94. The number of thiophene rings is 1. The highest BCUT2D eigenvalue weighted by atomic mass is 79.9. The summed E-state index contributed by atoms with van der Waals surface area (Å²) in [4.78, 5) is 0.674. The molecule has 0 aliphatic carbocycles. The largest absolute Gasteiger partial charge is 0.496 e. The molecule has 0 aromatic carbocycles. The van der Waals surface area contributed by atoms with E-state index in [-0.39, 0.29) is 4.83 Å². The fourth-order valence-corrected chi connectivity index (χ4v) is 2.05. The van der Waals surface area contributed by atoms with E-state index in [4.69, 9.17) is 10.00 Å². The molecule has 0 saturated heterocycles. The number of methoxy groups -OCH3 is 1. The number of ether oxygens (including phenoxy) is 1. The minimum absolute atomic E-state index is 0.252. The van der Waals surface area contributed by atoms with E-state index >= 15 is 0 Å². The highest BCUT2D eigenvalue weighted by Crippen LogP contribution is 2.34. The Morgan fingerprint density at radius 2 is 2.55 bits per heavy atom. The van der Waals surface area contributed by atoms with Gasteiger partial charge in [-0.25, -0.2) is 0 Å². The SMILES string of the molecule is COc1ccsc1C(Br)C#N. The van der Waals surface area contributed by atoms with Crippen molar-refractivity contribution >= 4 is 27.3 Å². The monoisotopic (exact) mass is 231 g/mol. The molecule has 1 aromatic rings. The molecule has 1 rings (SSSR count). The molecule has 1 aromatic heterocycles. The van der Waals surface area contributed by atoms with Crippen LogP contribution < -0.4 is 4.74 Å². The van der Waals surface area contributed by atoms with Crippen LogP contribution in [0.3, 0.4) is 0 Å². The van der Waals surface area contributed by atoms with Gasteiger partial charge in [0, 0.05) is 0 Å². The lowest BCUT2D eigenvalue weighted by Gasteiger charge is -2.00. The fourth-order valence-electron chi connectivity index (χ4n) is 0.721. The first-order valence-corrected chi connectivity index (χ1v) is 4.74. The predicted molar refractivity (Wildman–Crippen MR) is 48.2 cm³/mol. The lowest BCUT2D eigenvalue weighted by molar-refractivity contribution is 0.413. The number of halogens is 1. The molecule has 1 heterocycles. The average molecular weight is 232 g/mol. The summed E-state index contributed by atoms with van der Waals surface area (Å²) < 4.78 is 5.04. The van der Waals surface area contributed by atoms with E-state index in [9.17, 15) is 0 Å². The summed E-state index contributed by atoms with van der Waals surface area (Å²) >= 11 is 4.74. The molecular weight excluding hydrogens is 226 g/mol. The maximum atomic E-state index is 8.58. The maximum Gasteiger partial charge on any atom is 0.139 e. The lowest BCUT2D eigenvalue weighted by atomic mass is 10.3. The van der Waals surface area contributed by atoms with Gasteiger partial charge in [-0.05, 0) is 11.4 Å². The van der Waals surface area contributed by atoms with Crippen molar-refractivity contribution in [1.29, 1.82) is 5.26 Å². The van der Waals surface area contributed by atoms with Crippen molar-refractivity contribution in [2.75, 3.05) is 7.11 Å². The summed E-state index contributed by atoms with van der Waals surface area (Å²) in [5.74, 6) is 0.776. The highest BCUT2D eigenvalue weighted by molar-refractivity contribution is 9.09. The van der Waals surface area contributed by atoms with Gasteiger partial charge in [0.1, 0.15) is 10.6 Å². The van der Waals surface area contributed by atoms with Gasteiger partial charge in [-0.15, -0.1) is 11.3 Å². The van der Waals surface area contributed by atoms with Crippen LogP contribution in [0.15, 0.2) is 11.4 Å². The van der Waals surface area contributed by atoms with Crippen molar-refractivity contribution in [3.63, 3.8) is 0 Å². The average Bonchev–Trinajstić information content (AvgIpc) is 2.50. The zero-order valence-corrected chi connectivity index (χ0v) is 8.28. The third-order valence-corrected chi connectivity index (χ3v) is 3.15. The van der Waals surface area contributed by atoms with Crippen molar-refractivity contribution in [1.82, 2.24) is 0 Å². The molecule has 0 aliphatic rings. The third kappa shape index (κ3) is 1.73. The van der Waals surface area contributed by atoms with Crippen LogP contribution in [0, 0.1) is 11.3 Å². The van der Waals surface area contributed by atoms with Gasteiger partial charge in [0.25, 0.3) is 0 Å². The minimum Gasteiger partial charge on any atom is -0.496 e. The Labute approximate surface area is 77.5 Å². The summed E-state index contributed by atoms with van der Waals surface area (Å²) in [5.41, 5.74) is 0. The van der Waals surface area contributed by atoms with Crippen LogP contribution in [0.4, 0.5) is 0 Å².